The maximum absolute atomic E-state index is 13.2. The van der Waals surface area contributed by atoms with Gasteiger partial charge in [-0.25, -0.2) is 4.79 Å². The Morgan fingerprint density at radius 3 is 1.86 bits per heavy atom. The molecule has 5 rings (SSSR count). The number of amides is 2. The van der Waals surface area contributed by atoms with E-state index in [0.29, 0.717) is 56.6 Å². The van der Waals surface area contributed by atoms with Crippen molar-refractivity contribution in [2.45, 2.75) is 51.2 Å². The van der Waals surface area contributed by atoms with Gasteiger partial charge in [0.2, 0.25) is 11.8 Å². The van der Waals surface area contributed by atoms with Crippen LogP contribution in [0.15, 0.2) is 23.0 Å². The van der Waals surface area contributed by atoms with Crippen LogP contribution in [0.4, 0.5) is 13.2 Å². The van der Waals surface area contributed by atoms with Gasteiger partial charge in [-0.15, -0.1) is 0 Å². The Bertz CT molecular complexity index is 1180. The number of benzene rings is 1. The Labute approximate surface area is 201 Å². The first kappa shape index (κ1) is 23.9. The monoisotopic (exact) mass is 492 g/mol. The van der Waals surface area contributed by atoms with Crippen LogP contribution in [0.2, 0.25) is 0 Å². The molecule has 1 aliphatic heterocycles. The second-order valence-corrected chi connectivity index (χ2v) is 10.3. The summed E-state index contributed by atoms with van der Waals surface area (Å²) >= 11 is 0. The number of aryl methyl sites for hydroxylation is 1. The number of hydrogen-bond donors (Lipinski definition) is 0. The van der Waals surface area contributed by atoms with E-state index in [1.54, 1.807) is 7.05 Å². The highest BCUT2D eigenvalue weighted by atomic mass is 19.4. The van der Waals surface area contributed by atoms with E-state index < -0.39 is 11.7 Å². The number of rotatable bonds is 4. The van der Waals surface area contributed by atoms with Crippen LogP contribution in [-0.4, -0.2) is 56.9 Å². The molecule has 2 saturated carbocycles. The molecule has 3 fully saturated rings. The van der Waals surface area contributed by atoms with Crippen LogP contribution < -0.4 is 5.69 Å². The zero-order valence-electron chi connectivity index (χ0n) is 19.9. The number of nitrogens with zero attached hydrogens (tertiary/aromatic N) is 4. The molecule has 190 valence electrons. The second-order valence-electron chi connectivity index (χ2n) is 10.3. The first-order valence-electron chi connectivity index (χ1n) is 12.5. The predicted molar refractivity (Wildman–Crippen MR) is 124 cm³/mol. The second kappa shape index (κ2) is 9.02. The van der Waals surface area contributed by atoms with E-state index in [1.165, 1.54) is 15.2 Å². The summed E-state index contributed by atoms with van der Waals surface area (Å²) in [5.74, 6) is 0.618. The van der Waals surface area contributed by atoms with Crippen LogP contribution in [0.1, 0.15) is 44.1 Å². The molecule has 1 saturated heterocycles. The molecule has 0 bridgehead atoms. The molecule has 0 spiro atoms. The Kier molecular flexibility index (Phi) is 6.17. The molecule has 10 heteroatoms. The van der Waals surface area contributed by atoms with Gasteiger partial charge >= 0.3 is 11.9 Å². The zero-order valence-corrected chi connectivity index (χ0v) is 19.9. The van der Waals surface area contributed by atoms with Crippen molar-refractivity contribution in [1.82, 2.24) is 18.9 Å². The third-order valence-electron chi connectivity index (χ3n) is 7.94. The lowest BCUT2D eigenvalue weighted by Crippen LogP contribution is -2.52. The lowest BCUT2D eigenvalue weighted by Gasteiger charge is -2.38. The van der Waals surface area contributed by atoms with Gasteiger partial charge in [0.25, 0.3) is 0 Å². The number of hydrogen-bond acceptors (Lipinski definition) is 3. The minimum absolute atomic E-state index is 0.0713. The molecule has 3 aliphatic rings. The van der Waals surface area contributed by atoms with Gasteiger partial charge in [0.1, 0.15) is 0 Å². The molecule has 2 amide bonds. The van der Waals surface area contributed by atoms with Gasteiger partial charge in [-0.2, -0.15) is 13.2 Å². The minimum atomic E-state index is -4.47. The summed E-state index contributed by atoms with van der Waals surface area (Å²) in [5.41, 5.74) is -0.316. The van der Waals surface area contributed by atoms with Crippen LogP contribution in [0.3, 0.4) is 0 Å². The van der Waals surface area contributed by atoms with E-state index >= 15 is 0 Å². The van der Waals surface area contributed by atoms with Gasteiger partial charge in [-0.1, -0.05) is 0 Å². The molecule has 0 unspecified atom stereocenters. The SMILES string of the molecule is Cn1c(=O)n(CC2CCC(C(=O)N3CCN(C(=O)C4CC4)CC3)CC2)c2cc(C(F)(F)F)ccc21. The van der Waals surface area contributed by atoms with E-state index in [1.807, 2.05) is 9.80 Å². The van der Waals surface area contributed by atoms with Crippen LogP contribution in [0.5, 0.6) is 0 Å². The molecule has 2 aliphatic carbocycles. The third kappa shape index (κ3) is 4.71. The fourth-order valence-electron chi connectivity index (χ4n) is 5.61. The first-order valence-corrected chi connectivity index (χ1v) is 12.5. The molecule has 0 atom stereocenters. The van der Waals surface area contributed by atoms with E-state index in [-0.39, 0.29) is 35.3 Å². The highest BCUT2D eigenvalue weighted by molar-refractivity contribution is 5.82. The van der Waals surface area contributed by atoms with E-state index in [0.717, 1.165) is 37.8 Å². The van der Waals surface area contributed by atoms with Crippen molar-refractivity contribution in [2.75, 3.05) is 26.2 Å². The lowest BCUT2D eigenvalue weighted by atomic mass is 9.81. The maximum atomic E-state index is 13.2. The molecular weight excluding hydrogens is 461 g/mol. The molecule has 2 heterocycles. The average molecular weight is 493 g/mol. The summed E-state index contributed by atoms with van der Waals surface area (Å²) in [6, 6.07) is 3.41. The summed E-state index contributed by atoms with van der Waals surface area (Å²) in [5, 5.41) is 0. The third-order valence-corrected chi connectivity index (χ3v) is 7.94. The van der Waals surface area contributed by atoms with Crippen LogP contribution in [-0.2, 0) is 29.4 Å². The molecule has 0 N–H and O–H groups in total. The highest BCUT2D eigenvalue weighted by Gasteiger charge is 2.37. The number of alkyl halides is 3. The quantitative estimate of drug-likeness (QED) is 0.658. The van der Waals surface area contributed by atoms with Gasteiger partial charge in [0.15, 0.2) is 0 Å². The van der Waals surface area contributed by atoms with Gasteiger partial charge in [-0.05, 0) is 62.6 Å². The molecular formula is C25H31F3N4O3. The predicted octanol–water partition coefficient (Wildman–Crippen LogP) is 3.25. The molecule has 7 nitrogen and oxygen atoms in total. The van der Waals surface area contributed by atoms with Crippen molar-refractivity contribution in [2.24, 2.45) is 24.8 Å². The first-order chi connectivity index (χ1) is 16.6. The number of carbonyl (C=O) groups is 2. The molecule has 1 aromatic heterocycles. The number of carbonyl (C=O) groups excluding carboxylic acids is 2. The van der Waals surface area contributed by atoms with Gasteiger partial charge in [0, 0.05) is 51.6 Å². The van der Waals surface area contributed by atoms with E-state index in [2.05, 4.69) is 0 Å². The molecule has 2 aromatic rings. The summed E-state index contributed by atoms with van der Waals surface area (Å²) in [4.78, 5) is 41.8. The lowest BCUT2D eigenvalue weighted by molar-refractivity contribution is -0.143. The standard InChI is InChI=1S/C25H31F3N4O3/c1-29-20-9-8-19(25(26,27)28)14-21(20)32(24(29)35)15-16-2-4-17(5-3-16)22(33)30-10-12-31(13-11-30)23(34)18-6-7-18/h8-9,14,16-18H,2-7,10-13,15H2,1H3. The Hall–Kier alpha value is -2.78. The number of fused-ring (bicyclic) bond motifs is 1. The van der Waals surface area contributed by atoms with Gasteiger partial charge < -0.3 is 9.80 Å². The van der Waals surface area contributed by atoms with Crippen LogP contribution in [0.25, 0.3) is 11.0 Å². The van der Waals surface area contributed by atoms with E-state index in [9.17, 15) is 27.6 Å². The summed E-state index contributed by atoms with van der Waals surface area (Å²) in [7, 11) is 1.57. The highest BCUT2D eigenvalue weighted by Crippen LogP contribution is 2.34. The smallest absolute Gasteiger partial charge is 0.339 e. The summed E-state index contributed by atoms with van der Waals surface area (Å²) in [6.45, 7) is 2.69. The Balaban J connectivity index is 1.20. The summed E-state index contributed by atoms with van der Waals surface area (Å²) in [6.07, 6.45) is 0.401. The average Bonchev–Trinajstić information content (AvgIpc) is 3.68. The van der Waals surface area contributed by atoms with Crippen molar-refractivity contribution in [3.05, 3.63) is 34.2 Å². The van der Waals surface area contributed by atoms with Crippen LogP contribution >= 0.6 is 0 Å². The van der Waals surface area contributed by atoms with Crippen molar-refractivity contribution in [3.63, 3.8) is 0 Å². The maximum Gasteiger partial charge on any atom is 0.416 e. The number of piperazine rings is 1. The minimum Gasteiger partial charge on any atom is -0.339 e. The number of imidazole rings is 1. The summed E-state index contributed by atoms with van der Waals surface area (Å²) < 4.78 is 42.5. The number of aromatic nitrogens is 2. The van der Waals surface area contributed by atoms with E-state index in [4.69, 9.17) is 0 Å². The Morgan fingerprint density at radius 2 is 1.37 bits per heavy atom. The van der Waals surface area contributed by atoms with Crippen molar-refractivity contribution < 1.29 is 22.8 Å². The fourth-order valence-corrected chi connectivity index (χ4v) is 5.61. The number of halogens is 3. The van der Waals surface area contributed by atoms with Gasteiger partial charge in [-0.3, -0.25) is 18.7 Å². The van der Waals surface area contributed by atoms with Crippen molar-refractivity contribution in [1.29, 1.82) is 0 Å². The molecule has 35 heavy (non-hydrogen) atoms. The topological polar surface area (TPSA) is 67.6 Å². The van der Waals surface area contributed by atoms with Gasteiger partial charge in [0.05, 0.1) is 16.6 Å². The zero-order chi connectivity index (χ0) is 24.9. The van der Waals surface area contributed by atoms with Crippen molar-refractivity contribution in [3.8, 4) is 0 Å². The largest absolute Gasteiger partial charge is 0.416 e. The molecule has 0 radical (unpaired) electrons. The van der Waals surface area contributed by atoms with Crippen LogP contribution in [0, 0.1) is 17.8 Å². The Morgan fingerprint density at radius 1 is 0.857 bits per heavy atom. The van der Waals surface area contributed by atoms with Crippen molar-refractivity contribution >= 4 is 22.8 Å². The normalized spacial score (nSPS) is 23.7. The molecule has 1 aromatic carbocycles. The fraction of sp³-hybridized carbons (Fsp3) is 0.640.